The van der Waals surface area contributed by atoms with Crippen molar-refractivity contribution in [1.29, 1.82) is 0 Å². The van der Waals surface area contributed by atoms with Crippen molar-refractivity contribution in [2.24, 2.45) is 17.6 Å². The quantitative estimate of drug-likeness (QED) is 0.0116. The minimum atomic E-state index is -1.61. The number of aliphatic hydroxyl groups excluding tert-OH is 11. The van der Waals surface area contributed by atoms with E-state index in [2.05, 4.69) is 33.0 Å². The fraction of sp³-hybridized carbons (Fsp3) is 0.971. The zero-order valence-electron chi connectivity index (χ0n) is 82.6. The van der Waals surface area contributed by atoms with Crippen molar-refractivity contribution in [3.8, 4) is 0 Å². The third kappa shape index (κ3) is 63.7. The molecule has 0 aromatic rings. The number of rotatable bonds is 90. The van der Waals surface area contributed by atoms with E-state index >= 15 is 0 Å². The summed E-state index contributed by atoms with van der Waals surface area (Å²) in [5, 5.41) is 120. The fourth-order valence-electron chi connectivity index (χ4n) is 18.0. The first-order valence-electron chi connectivity index (χ1n) is 54.0. The Morgan fingerprint density at radius 2 is 0.566 bits per heavy atom. The molecule has 0 saturated carbocycles. The SMILES string of the molecule is CCCCCCCCCCCCCCCCCCOC(=O)C(CCC(O)OCCCCCCCCCCCCCCCCCC)N[C@H]1OC(CO)[C@@H](COC[C@H]2OC(CO)[C@@H](COC[C@H]3OC(CO)[C@@H](O)[C@@H](O)C3O)[C@@H](O)C2O)[C@@H](O)C1O.CCCCCCCCCCCCCCCCCCOC(=O)CCC(N)C(=O)OCCCCCCCCCCCCCCCCCC. The summed E-state index contributed by atoms with van der Waals surface area (Å²) in [6.07, 6.45) is 63.6. The lowest BCUT2D eigenvalue weighted by atomic mass is 9.87. The Morgan fingerprint density at radius 3 is 0.899 bits per heavy atom. The van der Waals surface area contributed by atoms with Crippen LogP contribution in [0.3, 0.4) is 0 Å². The van der Waals surface area contributed by atoms with Crippen LogP contribution in [0.4, 0.5) is 0 Å². The Morgan fingerprint density at radius 1 is 0.295 bits per heavy atom. The van der Waals surface area contributed by atoms with Gasteiger partial charge in [0.25, 0.3) is 0 Å². The fourth-order valence-corrected chi connectivity index (χ4v) is 18.0. The van der Waals surface area contributed by atoms with Gasteiger partial charge >= 0.3 is 17.9 Å². The van der Waals surface area contributed by atoms with Gasteiger partial charge in [0.15, 0.2) is 6.29 Å². The molecule has 3 aliphatic heterocycles. The van der Waals surface area contributed by atoms with Gasteiger partial charge < -0.3 is 105 Å². The first kappa shape index (κ1) is 123. The van der Waals surface area contributed by atoms with Crippen molar-refractivity contribution in [2.45, 2.75) is 562 Å². The highest BCUT2D eigenvalue weighted by Crippen LogP contribution is 2.32. The summed E-state index contributed by atoms with van der Waals surface area (Å²) in [6, 6.07) is -1.81. The smallest absolute Gasteiger partial charge is 0.323 e. The highest BCUT2D eigenvalue weighted by Gasteiger charge is 2.49. The molecular weight excluding hydrogens is 1650 g/mol. The number of unbranched alkanes of at least 4 members (excludes halogenated alkanes) is 60. The average Bonchev–Trinajstić information content (AvgIpc) is 0.805. The van der Waals surface area contributed by atoms with Crippen LogP contribution in [0.25, 0.3) is 0 Å². The number of ether oxygens (including phenoxy) is 9. The summed E-state index contributed by atoms with van der Waals surface area (Å²) in [5.74, 6) is -3.24. The molecule has 0 amide bonds. The van der Waals surface area contributed by atoms with Crippen LogP contribution in [-0.4, -0.2) is 245 Å². The van der Waals surface area contributed by atoms with Crippen LogP contribution in [0.5, 0.6) is 0 Å². The van der Waals surface area contributed by atoms with E-state index in [0.717, 1.165) is 64.2 Å². The van der Waals surface area contributed by atoms with E-state index in [0.29, 0.717) is 26.2 Å². The summed E-state index contributed by atoms with van der Waals surface area (Å²) < 4.78 is 51.1. The van der Waals surface area contributed by atoms with Crippen LogP contribution in [0.15, 0.2) is 0 Å². The van der Waals surface area contributed by atoms with Gasteiger partial charge in [-0.15, -0.1) is 0 Å². The number of esters is 3. The average molecular weight is 1850 g/mol. The molecule has 18 atom stereocenters. The Labute approximate surface area is 784 Å². The molecule has 25 nitrogen and oxygen atoms in total. The van der Waals surface area contributed by atoms with Gasteiger partial charge in [-0.3, -0.25) is 19.7 Å². The van der Waals surface area contributed by atoms with Crippen LogP contribution in [-0.2, 0) is 57.0 Å². The zero-order valence-corrected chi connectivity index (χ0v) is 82.6. The molecular formula is C104H202N2O23. The maximum atomic E-state index is 13.7. The molecule has 0 aliphatic carbocycles. The number of aliphatic hydroxyl groups is 11. The lowest BCUT2D eigenvalue weighted by Gasteiger charge is -2.44. The molecule has 3 aliphatic rings. The number of nitrogens with two attached hydrogens (primary N) is 1. The summed E-state index contributed by atoms with van der Waals surface area (Å²) in [4.78, 5) is 37.9. The number of nitrogens with one attached hydrogen (secondary N) is 1. The standard InChI is InChI=1S/C63H121NO19.C41H81NO4/c1-3-5-7-9-11-13-15-17-19-21-23-25-27-29-31-33-37-79-54(68)36-35-48(63(76)80-38-34-32-30-28-26-24-22-20-18-16-14-12-10-8-6-4-2)64-62-61(75)56(70)47(50(40-66)83-62)43-78-44-52-58(72)55(69)46(49(39-65)81-52)42-77-45-53-59(73)60(74)57(71)51(41-67)82-53;1-3-5-7-9-11-13-15-17-19-21-23-25-27-29-31-33-37-45-40(43)36-35-39(42)41(44)46-38-34-32-30-28-26-24-22-20-18-16-14-12-10-8-6-4-2/h46-62,64-75H,3-45H2,1-2H3;39H,3-38,42H2,1-2H3/t46-,47-,48?,49?,50?,51?,52-,53-,54?,55-,56-,57-,58?,59?,60-,61?,62+;/m1./s1. The van der Waals surface area contributed by atoms with Gasteiger partial charge in [-0.2, -0.15) is 0 Å². The second kappa shape index (κ2) is 87.2. The van der Waals surface area contributed by atoms with Gasteiger partial charge in [-0.25, -0.2) is 0 Å². The van der Waals surface area contributed by atoms with E-state index < -0.39 is 141 Å². The van der Waals surface area contributed by atoms with Crippen molar-refractivity contribution in [3.63, 3.8) is 0 Å². The van der Waals surface area contributed by atoms with E-state index in [4.69, 9.17) is 48.4 Å². The summed E-state index contributed by atoms with van der Waals surface area (Å²) in [5.41, 5.74) is 5.95. The van der Waals surface area contributed by atoms with Gasteiger partial charge in [0.05, 0.1) is 90.5 Å². The lowest BCUT2D eigenvalue weighted by Crippen LogP contribution is -2.63. The minimum absolute atomic E-state index is 0.0621. The second-order valence-electron chi connectivity index (χ2n) is 38.4. The van der Waals surface area contributed by atoms with Crippen molar-refractivity contribution in [3.05, 3.63) is 0 Å². The molecule has 9 unspecified atom stereocenters. The Balaban J connectivity index is 0.00000104. The molecule has 25 heteroatoms. The molecule has 129 heavy (non-hydrogen) atoms. The molecule has 3 fully saturated rings. The van der Waals surface area contributed by atoms with Crippen molar-refractivity contribution in [1.82, 2.24) is 5.32 Å². The first-order valence-corrected chi connectivity index (χ1v) is 54.0. The van der Waals surface area contributed by atoms with E-state index in [1.165, 1.54) is 340 Å². The molecule has 0 spiro atoms. The molecule has 3 saturated heterocycles. The van der Waals surface area contributed by atoms with E-state index in [9.17, 15) is 70.6 Å². The summed E-state index contributed by atoms with van der Waals surface area (Å²) in [7, 11) is 0. The zero-order chi connectivity index (χ0) is 94.1. The topological polar surface area (TPSA) is 395 Å². The maximum Gasteiger partial charge on any atom is 0.323 e. The minimum Gasteiger partial charge on any atom is -0.466 e. The molecule has 0 aromatic carbocycles. The van der Waals surface area contributed by atoms with Crippen molar-refractivity contribution >= 4 is 17.9 Å². The Bertz CT molecular complexity index is 2440. The van der Waals surface area contributed by atoms with Crippen LogP contribution in [0.2, 0.25) is 0 Å². The Hall–Kier alpha value is -2.35. The van der Waals surface area contributed by atoms with Crippen molar-refractivity contribution < 1.29 is 113 Å². The van der Waals surface area contributed by atoms with Crippen LogP contribution >= 0.6 is 0 Å². The normalized spacial score (nSPS) is 23.1. The van der Waals surface area contributed by atoms with Gasteiger partial charge in [0, 0.05) is 31.3 Å². The second-order valence-corrected chi connectivity index (χ2v) is 38.4. The van der Waals surface area contributed by atoms with Crippen molar-refractivity contribution in [2.75, 3.05) is 72.7 Å². The largest absolute Gasteiger partial charge is 0.466 e. The lowest BCUT2D eigenvalue weighted by molar-refractivity contribution is -0.252. The number of hydrogen-bond donors (Lipinski definition) is 13. The number of carbonyl (C=O) groups excluding carboxylic acids is 3. The maximum absolute atomic E-state index is 13.7. The van der Waals surface area contributed by atoms with Gasteiger partial charge in [-0.05, 0) is 38.5 Å². The van der Waals surface area contributed by atoms with Crippen LogP contribution in [0, 0.1) is 11.8 Å². The van der Waals surface area contributed by atoms with Gasteiger partial charge in [0.1, 0.15) is 67.1 Å². The molecule has 3 rings (SSSR count). The van der Waals surface area contributed by atoms with E-state index in [-0.39, 0.29) is 64.7 Å². The summed E-state index contributed by atoms with van der Waals surface area (Å²) in [6.45, 7) is 7.46. The third-order valence-corrected chi connectivity index (χ3v) is 26.8. The first-order chi connectivity index (χ1) is 62.9. The highest BCUT2D eigenvalue weighted by atomic mass is 16.6. The van der Waals surface area contributed by atoms with Crippen LogP contribution < -0.4 is 11.1 Å². The summed E-state index contributed by atoms with van der Waals surface area (Å²) >= 11 is 0. The van der Waals surface area contributed by atoms with E-state index in [1.807, 2.05) is 0 Å². The molecule has 14 N–H and O–H groups in total. The number of carbonyl (C=O) groups is 3. The van der Waals surface area contributed by atoms with Gasteiger partial charge in [0.2, 0.25) is 0 Å². The van der Waals surface area contributed by atoms with E-state index in [1.54, 1.807) is 0 Å². The highest BCUT2D eigenvalue weighted by molar-refractivity contribution is 5.77. The van der Waals surface area contributed by atoms with Gasteiger partial charge in [-0.1, -0.05) is 413 Å². The van der Waals surface area contributed by atoms with Crippen LogP contribution in [0.1, 0.15) is 464 Å². The Kier molecular flexibility index (Phi) is 82.9. The molecule has 0 bridgehead atoms. The monoisotopic (exact) mass is 1850 g/mol. The predicted molar refractivity (Wildman–Crippen MR) is 514 cm³/mol. The molecule has 0 radical (unpaired) electrons. The number of hydrogen-bond acceptors (Lipinski definition) is 25. The molecule has 766 valence electrons. The molecule has 0 aromatic heterocycles. The molecule has 3 heterocycles. The predicted octanol–water partition coefficient (Wildman–Crippen LogP) is 18.9. The third-order valence-electron chi connectivity index (χ3n) is 26.8.